The van der Waals surface area contributed by atoms with E-state index in [2.05, 4.69) is 4.90 Å². The molecule has 0 saturated carbocycles. The number of ether oxygens (including phenoxy) is 1. The van der Waals surface area contributed by atoms with Crippen LogP contribution in [0.5, 0.6) is 0 Å². The summed E-state index contributed by atoms with van der Waals surface area (Å²) in [7, 11) is 0. The number of carbonyl (C=O) groups excluding carboxylic acids is 1. The number of halogens is 1. The van der Waals surface area contributed by atoms with E-state index in [1.54, 1.807) is 0 Å². The summed E-state index contributed by atoms with van der Waals surface area (Å²) in [4.78, 5) is 16.2. The van der Waals surface area contributed by atoms with Gasteiger partial charge in [-0.3, -0.25) is 9.69 Å². The van der Waals surface area contributed by atoms with Crippen LogP contribution in [0.3, 0.4) is 0 Å². The molecule has 0 unspecified atom stereocenters. The van der Waals surface area contributed by atoms with E-state index in [-0.39, 0.29) is 5.91 Å². The van der Waals surface area contributed by atoms with Gasteiger partial charge in [0.05, 0.1) is 13.2 Å². The number of hydrogen-bond acceptors (Lipinski definition) is 3. The van der Waals surface area contributed by atoms with Crippen molar-refractivity contribution in [1.29, 1.82) is 0 Å². The summed E-state index contributed by atoms with van der Waals surface area (Å²) in [5, 5.41) is 0. The molecule has 2 fully saturated rings. The fourth-order valence-corrected chi connectivity index (χ4v) is 2.91. The molecule has 4 nitrogen and oxygen atoms in total. The second kappa shape index (κ2) is 7.31. The normalized spacial score (nSPS) is 23.3. The first-order valence-electron chi connectivity index (χ1n) is 6.93. The number of hydrogen-bond donors (Lipinski definition) is 0. The third-order valence-electron chi connectivity index (χ3n) is 3.90. The molecule has 104 valence electrons. The smallest absolute Gasteiger partial charge is 0.223 e. The molecule has 2 saturated heterocycles. The molecule has 0 N–H and O–H groups in total. The lowest BCUT2D eigenvalue weighted by Gasteiger charge is -2.36. The third kappa shape index (κ3) is 4.11. The van der Waals surface area contributed by atoms with Crippen molar-refractivity contribution in [2.45, 2.75) is 19.3 Å². The van der Waals surface area contributed by atoms with Gasteiger partial charge in [0, 0.05) is 45.0 Å². The van der Waals surface area contributed by atoms with Gasteiger partial charge in [-0.05, 0) is 18.8 Å². The highest BCUT2D eigenvalue weighted by molar-refractivity contribution is 6.18. The molecule has 0 aliphatic carbocycles. The molecule has 0 radical (unpaired) electrons. The summed E-state index contributed by atoms with van der Waals surface area (Å²) in [6.07, 6.45) is 2.74. The monoisotopic (exact) mass is 274 g/mol. The second-order valence-electron chi connectivity index (χ2n) is 5.18. The van der Waals surface area contributed by atoms with Crippen LogP contribution >= 0.6 is 11.6 Å². The molecule has 0 atom stereocenters. The summed E-state index contributed by atoms with van der Waals surface area (Å²) < 4.78 is 5.36. The number of alkyl halides is 1. The van der Waals surface area contributed by atoms with E-state index >= 15 is 0 Å². The lowest BCUT2D eigenvalue weighted by molar-refractivity contribution is -0.132. The van der Waals surface area contributed by atoms with E-state index in [0.29, 0.717) is 12.3 Å². The van der Waals surface area contributed by atoms with Crippen LogP contribution < -0.4 is 0 Å². The van der Waals surface area contributed by atoms with Crippen LogP contribution in [-0.4, -0.2) is 67.5 Å². The fourth-order valence-electron chi connectivity index (χ4n) is 2.75. The molecule has 2 heterocycles. The van der Waals surface area contributed by atoms with Crippen molar-refractivity contribution in [3.8, 4) is 0 Å². The van der Waals surface area contributed by atoms with Crippen LogP contribution in [-0.2, 0) is 9.53 Å². The zero-order valence-electron chi connectivity index (χ0n) is 10.9. The summed E-state index contributed by atoms with van der Waals surface area (Å²) >= 11 is 5.61. The second-order valence-corrected chi connectivity index (χ2v) is 5.55. The van der Waals surface area contributed by atoms with Crippen LogP contribution in [0.1, 0.15) is 19.3 Å². The number of piperidine rings is 1. The van der Waals surface area contributed by atoms with Crippen LogP contribution in [0.15, 0.2) is 0 Å². The Labute approximate surface area is 114 Å². The predicted octanol–water partition coefficient (Wildman–Crippen LogP) is 1.19. The zero-order valence-corrected chi connectivity index (χ0v) is 11.7. The summed E-state index contributed by atoms with van der Waals surface area (Å²) in [6.45, 7) is 6.84. The van der Waals surface area contributed by atoms with Gasteiger partial charge in [-0.1, -0.05) is 0 Å². The minimum Gasteiger partial charge on any atom is -0.379 e. The number of rotatable bonds is 4. The van der Waals surface area contributed by atoms with Gasteiger partial charge < -0.3 is 9.64 Å². The Bertz CT molecular complexity index is 262. The van der Waals surface area contributed by atoms with Crippen LogP contribution in [0.2, 0.25) is 0 Å². The largest absolute Gasteiger partial charge is 0.379 e. The van der Waals surface area contributed by atoms with Crippen molar-refractivity contribution < 1.29 is 9.53 Å². The van der Waals surface area contributed by atoms with Gasteiger partial charge in [0.1, 0.15) is 0 Å². The number of morpholine rings is 1. The first-order chi connectivity index (χ1) is 8.79. The van der Waals surface area contributed by atoms with E-state index in [1.807, 2.05) is 4.90 Å². The molecule has 0 aromatic carbocycles. The fraction of sp³-hybridized carbons (Fsp3) is 0.923. The molecular weight excluding hydrogens is 252 g/mol. The predicted molar refractivity (Wildman–Crippen MR) is 71.9 cm³/mol. The van der Waals surface area contributed by atoms with Crippen LogP contribution in [0.25, 0.3) is 0 Å². The van der Waals surface area contributed by atoms with Crippen molar-refractivity contribution in [3.63, 3.8) is 0 Å². The van der Waals surface area contributed by atoms with Crippen molar-refractivity contribution in [1.82, 2.24) is 9.80 Å². The first kappa shape index (κ1) is 14.1. The van der Waals surface area contributed by atoms with Gasteiger partial charge in [0.15, 0.2) is 0 Å². The molecule has 5 heteroatoms. The summed E-state index contributed by atoms with van der Waals surface area (Å²) in [5.41, 5.74) is 0. The van der Waals surface area contributed by atoms with E-state index in [4.69, 9.17) is 16.3 Å². The van der Waals surface area contributed by atoms with E-state index in [1.165, 1.54) is 6.54 Å². The van der Waals surface area contributed by atoms with E-state index in [9.17, 15) is 4.79 Å². The van der Waals surface area contributed by atoms with E-state index in [0.717, 1.165) is 58.2 Å². The number of nitrogens with zero attached hydrogens (tertiary/aromatic N) is 2. The Kier molecular flexibility index (Phi) is 5.73. The zero-order chi connectivity index (χ0) is 12.8. The van der Waals surface area contributed by atoms with Crippen molar-refractivity contribution >= 4 is 17.5 Å². The highest BCUT2D eigenvalue weighted by atomic mass is 35.5. The van der Waals surface area contributed by atoms with Gasteiger partial charge in [-0.25, -0.2) is 0 Å². The molecule has 2 aliphatic rings. The quantitative estimate of drug-likeness (QED) is 0.722. The highest BCUT2D eigenvalue weighted by Crippen LogP contribution is 2.19. The summed E-state index contributed by atoms with van der Waals surface area (Å²) in [6, 6.07) is 0. The van der Waals surface area contributed by atoms with Crippen molar-refractivity contribution in [2.24, 2.45) is 5.92 Å². The average Bonchev–Trinajstić information content (AvgIpc) is 2.41. The molecule has 0 aromatic rings. The van der Waals surface area contributed by atoms with Gasteiger partial charge in [0.25, 0.3) is 0 Å². The molecule has 2 aliphatic heterocycles. The molecule has 18 heavy (non-hydrogen) atoms. The molecular formula is C13H23ClN2O2. The maximum Gasteiger partial charge on any atom is 0.223 e. The Balaban J connectivity index is 1.68. The Hall–Kier alpha value is -0.320. The molecule has 0 spiro atoms. The van der Waals surface area contributed by atoms with Gasteiger partial charge in [-0.15, -0.1) is 11.6 Å². The lowest BCUT2D eigenvalue weighted by atomic mass is 9.96. The maximum atomic E-state index is 11.7. The topological polar surface area (TPSA) is 32.8 Å². The Morgan fingerprint density at radius 3 is 2.44 bits per heavy atom. The Morgan fingerprint density at radius 2 is 1.83 bits per heavy atom. The number of amides is 1. The molecule has 0 aromatic heterocycles. The van der Waals surface area contributed by atoms with Gasteiger partial charge in [-0.2, -0.15) is 0 Å². The maximum absolute atomic E-state index is 11.7. The van der Waals surface area contributed by atoms with Crippen molar-refractivity contribution in [3.05, 3.63) is 0 Å². The summed E-state index contributed by atoms with van der Waals surface area (Å²) in [5.74, 6) is 1.39. The molecule has 2 rings (SSSR count). The minimum absolute atomic E-state index is 0.217. The molecule has 1 amide bonds. The van der Waals surface area contributed by atoms with Gasteiger partial charge >= 0.3 is 0 Å². The molecule has 0 bridgehead atoms. The van der Waals surface area contributed by atoms with Crippen LogP contribution in [0.4, 0.5) is 0 Å². The Morgan fingerprint density at radius 1 is 1.17 bits per heavy atom. The highest BCUT2D eigenvalue weighted by Gasteiger charge is 2.24. The number of likely N-dealkylation sites (tertiary alicyclic amines) is 1. The standard InChI is InChI=1S/C13H23ClN2O2/c14-4-1-13(17)16-5-2-12(3-6-16)11-15-7-9-18-10-8-15/h12H,1-11H2. The number of carbonyl (C=O) groups is 1. The van der Waals surface area contributed by atoms with Crippen molar-refractivity contribution in [2.75, 3.05) is 51.8 Å². The lowest BCUT2D eigenvalue weighted by Crippen LogP contribution is -2.44. The van der Waals surface area contributed by atoms with E-state index < -0.39 is 0 Å². The first-order valence-corrected chi connectivity index (χ1v) is 7.47. The minimum atomic E-state index is 0.217. The third-order valence-corrected chi connectivity index (χ3v) is 4.08. The van der Waals surface area contributed by atoms with Gasteiger partial charge in [0.2, 0.25) is 5.91 Å². The van der Waals surface area contributed by atoms with Crippen LogP contribution in [0, 0.1) is 5.92 Å². The SMILES string of the molecule is O=C(CCCl)N1CCC(CN2CCOCC2)CC1. The average molecular weight is 275 g/mol.